The highest BCUT2D eigenvalue weighted by molar-refractivity contribution is 5.68. The summed E-state index contributed by atoms with van der Waals surface area (Å²) in [5.41, 5.74) is -0.464. The van der Waals surface area contributed by atoms with Gasteiger partial charge in [0.25, 0.3) is 0 Å². The van der Waals surface area contributed by atoms with Crippen LogP contribution in [0.2, 0.25) is 0 Å². The van der Waals surface area contributed by atoms with Gasteiger partial charge in [-0.15, -0.1) is 0 Å². The van der Waals surface area contributed by atoms with Gasteiger partial charge >= 0.3 is 6.09 Å². The molecule has 1 amide bonds. The topological polar surface area (TPSA) is 80.5 Å². The van der Waals surface area contributed by atoms with Crippen molar-refractivity contribution in [1.82, 2.24) is 20.4 Å². The van der Waals surface area contributed by atoms with Gasteiger partial charge in [0.2, 0.25) is 5.89 Å². The molecule has 2 heterocycles. The minimum absolute atomic E-state index is 0.150. The summed E-state index contributed by atoms with van der Waals surface area (Å²) in [5.74, 6) is 1.20. The van der Waals surface area contributed by atoms with Crippen molar-refractivity contribution in [3.63, 3.8) is 0 Å². The molecule has 1 saturated heterocycles. The zero-order valence-corrected chi connectivity index (χ0v) is 13.9. The lowest BCUT2D eigenvalue weighted by Crippen LogP contribution is -2.50. The van der Waals surface area contributed by atoms with Gasteiger partial charge in [-0.3, -0.25) is 0 Å². The molecule has 7 heteroatoms. The quantitative estimate of drug-likeness (QED) is 0.918. The Kier molecular flexibility index (Phi) is 5.39. The zero-order valence-electron chi connectivity index (χ0n) is 13.9. The second kappa shape index (κ2) is 7.09. The Morgan fingerprint density at radius 2 is 2.23 bits per heavy atom. The lowest BCUT2D eigenvalue weighted by atomic mass is 10.0. The standard InChI is InChI=1S/C15H26N4O3/c1-11-17-13(18-22-11)10-16-9-12-7-5-6-8-19(12)14(20)21-15(2,3)4/h12,16H,5-10H2,1-4H3. The molecular formula is C15H26N4O3. The highest BCUT2D eigenvalue weighted by Crippen LogP contribution is 2.20. The normalized spacial score (nSPS) is 19.3. The lowest BCUT2D eigenvalue weighted by Gasteiger charge is -2.36. The van der Waals surface area contributed by atoms with Crippen molar-refractivity contribution in [2.75, 3.05) is 13.1 Å². The fourth-order valence-electron chi connectivity index (χ4n) is 2.54. The number of nitrogens with one attached hydrogen (secondary N) is 1. The summed E-state index contributed by atoms with van der Waals surface area (Å²) in [4.78, 5) is 18.3. The molecule has 1 aliphatic rings. The first-order valence-corrected chi connectivity index (χ1v) is 7.85. The molecule has 22 heavy (non-hydrogen) atoms. The molecule has 1 atom stereocenters. The zero-order chi connectivity index (χ0) is 16.2. The number of hydrogen-bond donors (Lipinski definition) is 1. The van der Waals surface area contributed by atoms with E-state index in [1.807, 2.05) is 25.7 Å². The van der Waals surface area contributed by atoms with Gasteiger partial charge in [0, 0.05) is 26.1 Å². The third-order valence-corrected chi connectivity index (χ3v) is 3.49. The van der Waals surface area contributed by atoms with Crippen molar-refractivity contribution in [3.8, 4) is 0 Å². The number of amides is 1. The molecular weight excluding hydrogens is 284 g/mol. The summed E-state index contributed by atoms with van der Waals surface area (Å²) in [5, 5.41) is 7.15. The molecule has 0 aromatic carbocycles. The first-order chi connectivity index (χ1) is 10.3. The van der Waals surface area contributed by atoms with Crippen molar-refractivity contribution in [1.29, 1.82) is 0 Å². The van der Waals surface area contributed by atoms with Crippen LogP contribution in [0, 0.1) is 6.92 Å². The minimum Gasteiger partial charge on any atom is -0.444 e. The predicted molar refractivity (Wildman–Crippen MR) is 81.3 cm³/mol. The van der Waals surface area contributed by atoms with Crippen LogP contribution in [-0.4, -0.2) is 45.9 Å². The predicted octanol–water partition coefficient (Wildman–Crippen LogP) is 2.26. The van der Waals surface area contributed by atoms with E-state index in [0.29, 0.717) is 24.8 Å². The Morgan fingerprint density at radius 3 is 2.86 bits per heavy atom. The summed E-state index contributed by atoms with van der Waals surface area (Å²) in [6, 6.07) is 0.150. The van der Waals surface area contributed by atoms with E-state index in [9.17, 15) is 4.79 Å². The van der Waals surface area contributed by atoms with E-state index in [2.05, 4.69) is 15.5 Å². The number of ether oxygens (including phenoxy) is 1. The van der Waals surface area contributed by atoms with E-state index in [1.165, 1.54) is 0 Å². The average Bonchev–Trinajstić information content (AvgIpc) is 2.83. The van der Waals surface area contributed by atoms with Crippen LogP contribution in [0.25, 0.3) is 0 Å². The van der Waals surface area contributed by atoms with Crippen molar-refractivity contribution in [2.24, 2.45) is 0 Å². The summed E-state index contributed by atoms with van der Waals surface area (Å²) in [6.07, 6.45) is 2.92. The maximum Gasteiger partial charge on any atom is 0.410 e. The molecule has 1 aliphatic heterocycles. The van der Waals surface area contributed by atoms with Gasteiger partial charge in [-0.1, -0.05) is 5.16 Å². The van der Waals surface area contributed by atoms with Crippen LogP contribution in [0.1, 0.15) is 51.7 Å². The number of rotatable bonds is 4. The molecule has 0 radical (unpaired) electrons. The van der Waals surface area contributed by atoms with Crippen LogP contribution >= 0.6 is 0 Å². The fraction of sp³-hybridized carbons (Fsp3) is 0.800. The second-order valence-electron chi connectivity index (χ2n) is 6.68. The Morgan fingerprint density at radius 1 is 1.45 bits per heavy atom. The number of likely N-dealkylation sites (tertiary alicyclic amines) is 1. The maximum absolute atomic E-state index is 12.3. The molecule has 1 aromatic heterocycles. The van der Waals surface area contributed by atoms with E-state index >= 15 is 0 Å². The van der Waals surface area contributed by atoms with E-state index < -0.39 is 5.60 Å². The molecule has 0 spiro atoms. The van der Waals surface area contributed by atoms with Crippen LogP contribution in [0.5, 0.6) is 0 Å². The van der Waals surface area contributed by atoms with Gasteiger partial charge in [0.05, 0.1) is 6.54 Å². The summed E-state index contributed by atoms with van der Waals surface area (Å²) in [6.45, 7) is 9.43. The average molecular weight is 310 g/mol. The number of nitrogens with zero attached hydrogens (tertiary/aromatic N) is 3. The van der Waals surface area contributed by atoms with Crippen molar-refractivity contribution in [2.45, 2.75) is 65.1 Å². The second-order valence-corrected chi connectivity index (χ2v) is 6.68. The van der Waals surface area contributed by atoms with Crippen molar-refractivity contribution < 1.29 is 14.1 Å². The Balaban J connectivity index is 1.85. The molecule has 1 N–H and O–H groups in total. The fourth-order valence-corrected chi connectivity index (χ4v) is 2.54. The first-order valence-electron chi connectivity index (χ1n) is 7.85. The van der Waals surface area contributed by atoms with Gasteiger partial charge in [-0.05, 0) is 40.0 Å². The number of piperidine rings is 1. The van der Waals surface area contributed by atoms with Crippen LogP contribution in [0.4, 0.5) is 4.79 Å². The third-order valence-electron chi connectivity index (χ3n) is 3.49. The molecule has 0 saturated carbocycles. The Hall–Kier alpha value is -1.63. The number of carbonyl (C=O) groups is 1. The maximum atomic E-state index is 12.3. The van der Waals surface area contributed by atoms with Gasteiger partial charge < -0.3 is 19.5 Å². The van der Waals surface area contributed by atoms with E-state index in [0.717, 1.165) is 25.8 Å². The number of hydrogen-bond acceptors (Lipinski definition) is 6. The van der Waals surface area contributed by atoms with E-state index in [4.69, 9.17) is 9.26 Å². The lowest BCUT2D eigenvalue weighted by molar-refractivity contribution is 0.00991. The molecule has 1 aromatic rings. The van der Waals surface area contributed by atoms with Gasteiger partial charge in [0.15, 0.2) is 5.82 Å². The van der Waals surface area contributed by atoms with Gasteiger partial charge in [-0.25, -0.2) is 4.79 Å². The molecule has 0 bridgehead atoms. The Labute approximate surface area is 131 Å². The third kappa shape index (κ3) is 4.98. The number of carbonyl (C=O) groups excluding carboxylic acids is 1. The summed E-state index contributed by atoms with van der Waals surface area (Å²) < 4.78 is 10.4. The molecule has 1 unspecified atom stereocenters. The van der Waals surface area contributed by atoms with Crippen molar-refractivity contribution >= 4 is 6.09 Å². The largest absolute Gasteiger partial charge is 0.444 e. The van der Waals surface area contributed by atoms with Crippen molar-refractivity contribution in [3.05, 3.63) is 11.7 Å². The minimum atomic E-state index is -0.464. The van der Waals surface area contributed by atoms with Gasteiger partial charge in [-0.2, -0.15) is 4.98 Å². The number of aryl methyl sites for hydroxylation is 1. The molecule has 7 nitrogen and oxygen atoms in total. The highest BCUT2D eigenvalue weighted by Gasteiger charge is 2.30. The van der Waals surface area contributed by atoms with E-state index in [-0.39, 0.29) is 12.1 Å². The van der Waals surface area contributed by atoms with Crippen LogP contribution in [0.3, 0.4) is 0 Å². The summed E-state index contributed by atoms with van der Waals surface area (Å²) >= 11 is 0. The molecule has 1 fully saturated rings. The number of aromatic nitrogens is 2. The molecule has 0 aliphatic carbocycles. The molecule has 2 rings (SSSR count). The smallest absolute Gasteiger partial charge is 0.410 e. The first kappa shape index (κ1) is 16.7. The van der Waals surface area contributed by atoms with Crippen LogP contribution in [0.15, 0.2) is 4.52 Å². The van der Waals surface area contributed by atoms with Crippen LogP contribution < -0.4 is 5.32 Å². The SMILES string of the molecule is Cc1nc(CNCC2CCCCN2C(=O)OC(C)(C)C)no1. The molecule has 124 valence electrons. The van der Waals surface area contributed by atoms with Gasteiger partial charge in [0.1, 0.15) is 5.60 Å². The van der Waals surface area contributed by atoms with Crippen LogP contribution in [-0.2, 0) is 11.3 Å². The highest BCUT2D eigenvalue weighted by atomic mass is 16.6. The summed E-state index contributed by atoms with van der Waals surface area (Å²) in [7, 11) is 0. The monoisotopic (exact) mass is 310 g/mol. The Bertz CT molecular complexity index is 495. The van der Waals surface area contributed by atoms with E-state index in [1.54, 1.807) is 6.92 Å².